The van der Waals surface area contributed by atoms with Crippen LogP contribution in [0.5, 0.6) is 0 Å². The molecule has 1 amide bonds. The maximum atomic E-state index is 12.8. The van der Waals surface area contributed by atoms with E-state index in [1.54, 1.807) is 30.9 Å². The van der Waals surface area contributed by atoms with Crippen LogP contribution in [0.1, 0.15) is 21.7 Å². The largest absolute Gasteiger partial charge is 0.336 e. The van der Waals surface area contributed by atoms with Gasteiger partial charge >= 0.3 is 0 Å². The van der Waals surface area contributed by atoms with Crippen molar-refractivity contribution in [2.45, 2.75) is 18.7 Å². The second-order valence-corrected chi connectivity index (χ2v) is 8.76. The zero-order valence-electron chi connectivity index (χ0n) is 14.0. The highest BCUT2D eigenvalue weighted by Crippen LogP contribution is 2.23. The quantitative estimate of drug-likeness (QED) is 0.811. The van der Waals surface area contributed by atoms with Crippen molar-refractivity contribution in [1.82, 2.24) is 19.4 Å². The third kappa shape index (κ3) is 3.49. The number of H-pyrrole nitrogens is 1. The van der Waals surface area contributed by atoms with E-state index in [2.05, 4.69) is 26.1 Å². The monoisotopic (exact) mass is 426 g/mol. The highest BCUT2D eigenvalue weighted by Gasteiger charge is 2.33. The van der Waals surface area contributed by atoms with E-state index in [4.69, 9.17) is 0 Å². The van der Waals surface area contributed by atoms with Crippen LogP contribution in [0.15, 0.2) is 33.6 Å². The van der Waals surface area contributed by atoms with Gasteiger partial charge in [0, 0.05) is 36.2 Å². The number of carbonyl (C=O) groups is 1. The van der Waals surface area contributed by atoms with E-state index in [-0.39, 0.29) is 23.9 Å². The summed E-state index contributed by atoms with van der Waals surface area (Å²) in [5.41, 5.74) is 1.60. The number of halogens is 1. The Labute approximate surface area is 155 Å². The van der Waals surface area contributed by atoms with Crippen molar-refractivity contribution in [2.24, 2.45) is 0 Å². The SMILES string of the molecule is Cc1n[nH]c(C)c1S(=O)(=O)N1CCN(C(=O)c2ccc(Br)cc2)CC1. The van der Waals surface area contributed by atoms with E-state index < -0.39 is 10.0 Å². The molecule has 0 spiro atoms. The van der Waals surface area contributed by atoms with E-state index in [9.17, 15) is 13.2 Å². The Balaban J connectivity index is 1.71. The number of piperazine rings is 1. The highest BCUT2D eigenvalue weighted by molar-refractivity contribution is 9.10. The average molecular weight is 427 g/mol. The molecular weight excluding hydrogens is 408 g/mol. The summed E-state index contributed by atoms with van der Waals surface area (Å²) in [6.07, 6.45) is 0. The van der Waals surface area contributed by atoms with Crippen LogP contribution in [0.3, 0.4) is 0 Å². The Morgan fingerprint density at radius 1 is 1.12 bits per heavy atom. The molecule has 0 unspecified atom stereocenters. The molecule has 7 nitrogen and oxygen atoms in total. The average Bonchev–Trinajstić information content (AvgIpc) is 2.94. The van der Waals surface area contributed by atoms with Gasteiger partial charge in [0.1, 0.15) is 4.90 Å². The van der Waals surface area contributed by atoms with Gasteiger partial charge in [0.15, 0.2) is 0 Å². The zero-order valence-corrected chi connectivity index (χ0v) is 16.4. The highest BCUT2D eigenvalue weighted by atomic mass is 79.9. The summed E-state index contributed by atoms with van der Waals surface area (Å²) < 4.78 is 28.0. The molecule has 134 valence electrons. The van der Waals surface area contributed by atoms with Crippen molar-refractivity contribution in [3.63, 3.8) is 0 Å². The molecule has 1 aliphatic rings. The van der Waals surface area contributed by atoms with Crippen LogP contribution in [0.4, 0.5) is 0 Å². The summed E-state index contributed by atoms with van der Waals surface area (Å²) >= 11 is 3.34. The van der Waals surface area contributed by atoms with E-state index in [0.29, 0.717) is 30.0 Å². The maximum absolute atomic E-state index is 12.8. The molecule has 2 heterocycles. The lowest BCUT2D eigenvalue weighted by Crippen LogP contribution is -2.50. The Kier molecular flexibility index (Phi) is 4.99. The van der Waals surface area contributed by atoms with Crippen LogP contribution in [-0.2, 0) is 10.0 Å². The van der Waals surface area contributed by atoms with E-state index in [0.717, 1.165) is 4.47 Å². The first kappa shape index (κ1) is 18.1. The summed E-state index contributed by atoms with van der Waals surface area (Å²) in [6.45, 7) is 4.64. The Hall–Kier alpha value is -1.71. The molecule has 3 rings (SSSR count). The predicted octanol–water partition coefficient (Wildman–Crippen LogP) is 1.94. The maximum Gasteiger partial charge on any atom is 0.253 e. The minimum Gasteiger partial charge on any atom is -0.336 e. The molecule has 1 saturated heterocycles. The fourth-order valence-corrected chi connectivity index (χ4v) is 4.97. The van der Waals surface area contributed by atoms with Crippen LogP contribution in [0.2, 0.25) is 0 Å². The molecule has 1 aromatic heterocycles. The first-order chi connectivity index (χ1) is 11.8. The normalized spacial score (nSPS) is 16.2. The number of aromatic nitrogens is 2. The smallest absolute Gasteiger partial charge is 0.253 e. The number of nitrogens with one attached hydrogen (secondary N) is 1. The lowest BCUT2D eigenvalue weighted by Gasteiger charge is -2.34. The third-order valence-corrected chi connectivity index (χ3v) is 6.97. The molecule has 0 saturated carbocycles. The van der Waals surface area contributed by atoms with Crippen molar-refractivity contribution < 1.29 is 13.2 Å². The molecule has 25 heavy (non-hydrogen) atoms. The summed E-state index contributed by atoms with van der Waals surface area (Å²) in [5.74, 6) is -0.0831. The number of hydrogen-bond donors (Lipinski definition) is 1. The lowest BCUT2D eigenvalue weighted by molar-refractivity contribution is 0.0698. The topological polar surface area (TPSA) is 86.4 Å². The van der Waals surface area contributed by atoms with Crippen LogP contribution in [0.25, 0.3) is 0 Å². The Morgan fingerprint density at radius 3 is 2.24 bits per heavy atom. The van der Waals surface area contributed by atoms with Gasteiger partial charge in [0.05, 0.1) is 11.4 Å². The number of nitrogens with zero attached hydrogens (tertiary/aromatic N) is 3. The molecule has 0 radical (unpaired) electrons. The standard InChI is InChI=1S/C16H19BrN4O3S/c1-11-15(12(2)19-18-11)25(23,24)21-9-7-20(8-10-21)16(22)13-3-5-14(17)6-4-13/h3-6H,7-10H2,1-2H3,(H,18,19). The first-order valence-electron chi connectivity index (χ1n) is 7.87. The number of benzene rings is 1. The minimum atomic E-state index is -3.60. The molecular formula is C16H19BrN4O3S. The Bertz CT molecular complexity index is 865. The van der Waals surface area contributed by atoms with Gasteiger partial charge in [0.25, 0.3) is 5.91 Å². The van der Waals surface area contributed by atoms with Crippen LogP contribution in [0, 0.1) is 13.8 Å². The van der Waals surface area contributed by atoms with Crippen LogP contribution >= 0.6 is 15.9 Å². The molecule has 0 atom stereocenters. The van der Waals surface area contributed by atoms with Crippen molar-refractivity contribution in [1.29, 1.82) is 0 Å². The van der Waals surface area contributed by atoms with E-state index in [1.165, 1.54) is 4.31 Å². The van der Waals surface area contributed by atoms with Gasteiger partial charge in [-0.25, -0.2) is 8.42 Å². The van der Waals surface area contributed by atoms with E-state index in [1.807, 2.05) is 12.1 Å². The van der Waals surface area contributed by atoms with Crippen molar-refractivity contribution >= 4 is 31.9 Å². The molecule has 2 aromatic rings. The van der Waals surface area contributed by atoms with Crippen molar-refractivity contribution in [3.05, 3.63) is 45.7 Å². The van der Waals surface area contributed by atoms with Gasteiger partial charge in [-0.3, -0.25) is 9.89 Å². The molecule has 1 aromatic carbocycles. The summed E-state index contributed by atoms with van der Waals surface area (Å²) in [5, 5.41) is 6.68. The molecule has 0 aliphatic carbocycles. The lowest BCUT2D eigenvalue weighted by atomic mass is 10.2. The van der Waals surface area contributed by atoms with Crippen molar-refractivity contribution in [2.75, 3.05) is 26.2 Å². The van der Waals surface area contributed by atoms with Gasteiger partial charge < -0.3 is 4.90 Å². The number of carbonyl (C=O) groups excluding carboxylic acids is 1. The second kappa shape index (κ2) is 6.89. The zero-order chi connectivity index (χ0) is 18.2. The Morgan fingerprint density at radius 2 is 1.72 bits per heavy atom. The van der Waals surface area contributed by atoms with Gasteiger partial charge in [-0.15, -0.1) is 0 Å². The molecule has 1 fully saturated rings. The molecule has 1 N–H and O–H groups in total. The second-order valence-electron chi connectivity index (χ2n) is 5.97. The molecule has 0 bridgehead atoms. The van der Waals surface area contributed by atoms with Crippen molar-refractivity contribution in [3.8, 4) is 0 Å². The number of rotatable bonds is 3. The summed E-state index contributed by atoms with van der Waals surface area (Å²) in [7, 11) is -3.60. The van der Waals surface area contributed by atoms with Crippen LogP contribution < -0.4 is 0 Å². The molecule has 1 aliphatic heterocycles. The fraction of sp³-hybridized carbons (Fsp3) is 0.375. The number of sulfonamides is 1. The van der Waals surface area contributed by atoms with Gasteiger partial charge in [-0.2, -0.15) is 9.40 Å². The number of amides is 1. The summed E-state index contributed by atoms with van der Waals surface area (Å²) in [4.78, 5) is 14.5. The van der Waals surface area contributed by atoms with Gasteiger partial charge in [-0.05, 0) is 38.1 Å². The van der Waals surface area contributed by atoms with Gasteiger partial charge in [-0.1, -0.05) is 15.9 Å². The minimum absolute atomic E-state index is 0.0831. The third-order valence-electron chi connectivity index (χ3n) is 4.28. The fourth-order valence-electron chi connectivity index (χ4n) is 2.96. The van der Waals surface area contributed by atoms with E-state index >= 15 is 0 Å². The molecule has 9 heteroatoms. The first-order valence-corrected chi connectivity index (χ1v) is 10.1. The number of aryl methyl sites for hydroxylation is 2. The number of aromatic amines is 1. The number of hydrogen-bond acceptors (Lipinski definition) is 4. The predicted molar refractivity (Wildman–Crippen MR) is 96.9 cm³/mol. The van der Waals surface area contributed by atoms with Gasteiger partial charge in [0.2, 0.25) is 10.0 Å². The van der Waals surface area contributed by atoms with Crippen LogP contribution in [-0.4, -0.2) is 59.9 Å². The summed E-state index contributed by atoms with van der Waals surface area (Å²) in [6, 6.07) is 7.15.